The fourth-order valence-corrected chi connectivity index (χ4v) is 3.97. The minimum atomic E-state index is -0.430. The molecule has 0 bridgehead atoms. The summed E-state index contributed by atoms with van der Waals surface area (Å²) < 4.78 is 0. The summed E-state index contributed by atoms with van der Waals surface area (Å²) in [5.41, 5.74) is 8.50. The molecular formula is C25H34N6O2. The number of carbonyl (C=O) groups excluding carboxylic acids is 2. The van der Waals surface area contributed by atoms with Gasteiger partial charge in [-0.3, -0.25) is 9.59 Å². The van der Waals surface area contributed by atoms with Crippen LogP contribution >= 0.6 is 0 Å². The van der Waals surface area contributed by atoms with Gasteiger partial charge in [-0.05, 0) is 51.2 Å². The number of nitrogen functional groups attached to an aromatic ring is 1. The highest BCUT2D eigenvalue weighted by molar-refractivity contribution is 6.06. The molecule has 2 aromatic carbocycles. The zero-order chi connectivity index (χ0) is 23.4. The van der Waals surface area contributed by atoms with E-state index >= 15 is 0 Å². The summed E-state index contributed by atoms with van der Waals surface area (Å²) in [6.07, 6.45) is 3.48. The van der Waals surface area contributed by atoms with E-state index in [1.807, 2.05) is 35.2 Å². The number of para-hydroxylation sites is 1. The summed E-state index contributed by atoms with van der Waals surface area (Å²) in [4.78, 5) is 38.3. The number of piperidine rings is 1. The number of rotatable bonds is 5. The van der Waals surface area contributed by atoms with Crippen molar-refractivity contribution in [3.63, 3.8) is 0 Å². The molecule has 3 aromatic rings. The van der Waals surface area contributed by atoms with Crippen LogP contribution in [0.2, 0.25) is 0 Å². The van der Waals surface area contributed by atoms with Gasteiger partial charge in [0.15, 0.2) is 11.5 Å². The van der Waals surface area contributed by atoms with Gasteiger partial charge in [-0.25, -0.2) is 9.97 Å². The molecule has 8 nitrogen and oxygen atoms in total. The molecule has 1 aliphatic heterocycles. The van der Waals surface area contributed by atoms with Crippen LogP contribution in [0.25, 0.3) is 11.3 Å². The Morgan fingerprint density at radius 3 is 2.36 bits per heavy atom. The van der Waals surface area contributed by atoms with E-state index in [0.29, 0.717) is 23.0 Å². The zero-order valence-corrected chi connectivity index (χ0v) is 18.9. The van der Waals surface area contributed by atoms with Crippen LogP contribution in [0.4, 0.5) is 11.5 Å². The largest absolute Gasteiger partial charge is 0.382 e. The molecular weight excluding hydrogens is 416 g/mol. The fraction of sp³-hybridized carbons (Fsp3) is 0.280. The van der Waals surface area contributed by atoms with Crippen molar-refractivity contribution in [2.45, 2.75) is 18.9 Å². The molecule has 0 spiro atoms. The monoisotopic (exact) mass is 450 g/mol. The number of hydrogen-bond donors (Lipinski definition) is 2. The van der Waals surface area contributed by atoms with Crippen molar-refractivity contribution in [3.05, 3.63) is 72.1 Å². The first kappa shape index (κ1) is 22.4. The zero-order valence-electron chi connectivity index (χ0n) is 18.9. The minimum Gasteiger partial charge on any atom is -0.382 e. The van der Waals surface area contributed by atoms with Crippen LogP contribution in [0.15, 0.2) is 60.8 Å². The number of anilines is 2. The van der Waals surface area contributed by atoms with Crippen LogP contribution in [-0.2, 0) is 0 Å². The highest BCUT2D eigenvalue weighted by Gasteiger charge is 2.24. The second-order valence-electron chi connectivity index (χ2n) is 8.37. The molecule has 2 amide bonds. The standard InChI is InChI=1S/C25H28N6O2.3H2/c1-30(2)20-12-14-31(15-13-20)25(33)18-10-8-17(9-11-18)21-16-27-23(26)22(29-21)24(32)28-19-6-4-3-5-7-19;;;/h3-11,16,20H,12-15H2,1-2H3,(H2,26,27)(H,28,32);3*1H. The van der Waals surface area contributed by atoms with E-state index in [4.69, 9.17) is 5.73 Å². The summed E-state index contributed by atoms with van der Waals surface area (Å²) in [5, 5.41) is 2.77. The van der Waals surface area contributed by atoms with Gasteiger partial charge in [0.05, 0.1) is 11.9 Å². The van der Waals surface area contributed by atoms with Crippen molar-refractivity contribution in [3.8, 4) is 11.3 Å². The number of nitrogens with two attached hydrogens (primary N) is 1. The van der Waals surface area contributed by atoms with Crippen LogP contribution in [0.5, 0.6) is 0 Å². The van der Waals surface area contributed by atoms with Gasteiger partial charge in [0, 0.05) is 40.2 Å². The third-order valence-corrected chi connectivity index (χ3v) is 5.96. The molecule has 8 heteroatoms. The number of carbonyl (C=O) groups is 2. The van der Waals surface area contributed by atoms with Crippen LogP contribution < -0.4 is 11.1 Å². The maximum atomic E-state index is 12.9. The molecule has 33 heavy (non-hydrogen) atoms. The van der Waals surface area contributed by atoms with E-state index in [-0.39, 0.29) is 21.7 Å². The van der Waals surface area contributed by atoms with Crippen LogP contribution in [0.1, 0.15) is 38.0 Å². The smallest absolute Gasteiger partial charge is 0.278 e. The van der Waals surface area contributed by atoms with E-state index in [2.05, 4.69) is 34.3 Å². The topological polar surface area (TPSA) is 104 Å². The van der Waals surface area contributed by atoms with Gasteiger partial charge >= 0.3 is 0 Å². The molecule has 0 atom stereocenters. The van der Waals surface area contributed by atoms with Gasteiger partial charge in [-0.2, -0.15) is 0 Å². The highest BCUT2D eigenvalue weighted by Crippen LogP contribution is 2.22. The molecule has 1 aliphatic rings. The molecule has 1 fully saturated rings. The Morgan fingerprint density at radius 2 is 1.73 bits per heavy atom. The van der Waals surface area contributed by atoms with Gasteiger partial charge in [0.2, 0.25) is 0 Å². The molecule has 1 saturated heterocycles. The van der Waals surface area contributed by atoms with Crippen LogP contribution in [0.3, 0.4) is 0 Å². The average molecular weight is 451 g/mol. The first-order chi connectivity index (χ1) is 15.9. The normalized spacial score (nSPS) is 14.3. The van der Waals surface area contributed by atoms with Crippen molar-refractivity contribution >= 4 is 23.3 Å². The van der Waals surface area contributed by atoms with Gasteiger partial charge in [0.25, 0.3) is 11.8 Å². The molecule has 1 aromatic heterocycles. The lowest BCUT2D eigenvalue weighted by Crippen LogP contribution is -2.44. The first-order valence-corrected chi connectivity index (χ1v) is 11.0. The Hall–Kier alpha value is -3.78. The predicted octanol–water partition coefficient (Wildman–Crippen LogP) is 3.88. The lowest BCUT2D eigenvalue weighted by atomic mass is 10.0. The summed E-state index contributed by atoms with van der Waals surface area (Å²) in [5.74, 6) is -0.342. The summed E-state index contributed by atoms with van der Waals surface area (Å²) in [6.45, 7) is 1.51. The Bertz CT molecular complexity index is 1140. The number of hydrogen-bond acceptors (Lipinski definition) is 6. The molecule has 4 rings (SSSR count). The minimum absolute atomic E-state index is 0. The van der Waals surface area contributed by atoms with E-state index in [1.54, 1.807) is 24.3 Å². The first-order valence-electron chi connectivity index (χ1n) is 11.0. The van der Waals surface area contributed by atoms with E-state index in [9.17, 15) is 9.59 Å². The predicted molar refractivity (Wildman–Crippen MR) is 135 cm³/mol. The number of benzene rings is 2. The van der Waals surface area contributed by atoms with Crippen LogP contribution in [-0.4, -0.2) is 64.8 Å². The molecule has 0 aliphatic carbocycles. The number of amides is 2. The van der Waals surface area contributed by atoms with Gasteiger partial charge in [-0.15, -0.1) is 0 Å². The van der Waals surface area contributed by atoms with E-state index in [1.165, 1.54) is 6.20 Å². The Morgan fingerprint density at radius 1 is 1.06 bits per heavy atom. The number of nitrogens with one attached hydrogen (secondary N) is 1. The lowest BCUT2D eigenvalue weighted by Gasteiger charge is -2.35. The summed E-state index contributed by atoms with van der Waals surface area (Å²) in [6, 6.07) is 16.8. The highest BCUT2D eigenvalue weighted by atomic mass is 16.2. The van der Waals surface area contributed by atoms with Gasteiger partial charge in [0.1, 0.15) is 0 Å². The van der Waals surface area contributed by atoms with Crippen molar-refractivity contribution in [2.24, 2.45) is 0 Å². The van der Waals surface area contributed by atoms with Crippen molar-refractivity contribution in [2.75, 3.05) is 38.2 Å². The quantitative estimate of drug-likeness (QED) is 0.611. The Kier molecular flexibility index (Phi) is 6.65. The molecule has 2 heterocycles. The van der Waals surface area contributed by atoms with E-state index in [0.717, 1.165) is 31.5 Å². The van der Waals surface area contributed by atoms with Gasteiger partial charge in [-0.1, -0.05) is 30.3 Å². The fourth-order valence-electron chi connectivity index (χ4n) is 3.97. The maximum absolute atomic E-state index is 12.9. The van der Waals surface area contributed by atoms with Gasteiger partial charge < -0.3 is 20.9 Å². The Balaban J connectivity index is 0.00000216. The second-order valence-corrected chi connectivity index (χ2v) is 8.37. The number of nitrogens with zero attached hydrogens (tertiary/aromatic N) is 4. The van der Waals surface area contributed by atoms with Crippen molar-refractivity contribution in [1.82, 2.24) is 19.8 Å². The molecule has 0 unspecified atom stereocenters. The van der Waals surface area contributed by atoms with E-state index < -0.39 is 5.91 Å². The number of likely N-dealkylation sites (tertiary alicyclic amines) is 1. The second kappa shape index (κ2) is 9.79. The number of aromatic nitrogens is 2. The summed E-state index contributed by atoms with van der Waals surface area (Å²) in [7, 11) is 4.16. The maximum Gasteiger partial charge on any atom is 0.278 e. The average Bonchev–Trinajstić information content (AvgIpc) is 2.84. The molecule has 0 saturated carbocycles. The lowest BCUT2D eigenvalue weighted by molar-refractivity contribution is 0.0663. The Labute approximate surface area is 197 Å². The van der Waals surface area contributed by atoms with Crippen molar-refractivity contribution < 1.29 is 13.9 Å². The SMILES string of the molecule is CN(C)C1CCN(C(=O)c2ccc(-c3cnc(N)c(C(=O)Nc4ccccc4)n3)cc2)CC1.[HH].[HH].[HH]. The molecule has 0 radical (unpaired) electrons. The van der Waals surface area contributed by atoms with Crippen LogP contribution in [0, 0.1) is 0 Å². The molecule has 3 N–H and O–H groups in total. The summed E-state index contributed by atoms with van der Waals surface area (Å²) >= 11 is 0. The molecule has 176 valence electrons. The van der Waals surface area contributed by atoms with Crippen molar-refractivity contribution in [1.29, 1.82) is 0 Å². The third-order valence-electron chi connectivity index (χ3n) is 5.96. The third kappa shape index (κ3) is 5.18.